The van der Waals surface area contributed by atoms with Crippen molar-refractivity contribution in [3.63, 3.8) is 0 Å². The van der Waals surface area contributed by atoms with Crippen LogP contribution in [0.2, 0.25) is 5.02 Å². The second-order valence-corrected chi connectivity index (χ2v) is 10.6. The van der Waals surface area contributed by atoms with Gasteiger partial charge in [-0.3, -0.25) is 14.7 Å². The molecule has 1 aromatic rings. The lowest BCUT2D eigenvalue weighted by molar-refractivity contribution is -0.144. The minimum absolute atomic E-state index is 0.0114. The standard InChI is InChI=1S/C24H33ClN4O7S/c1-4-36-24(31)22-19(15-35-14-13-28-9-11-29(12-10-28)37(26,32)33)27-16(2)20(23(30)34-3)21(22)17-7-5-6-8-18(17)25/h5-8,20-21H,4,9-15H2,1-3H3,(H2,26,32,33). The van der Waals surface area contributed by atoms with Gasteiger partial charge in [-0.15, -0.1) is 0 Å². The van der Waals surface area contributed by atoms with Gasteiger partial charge >= 0.3 is 11.9 Å². The lowest BCUT2D eigenvalue weighted by Gasteiger charge is -2.33. The van der Waals surface area contributed by atoms with Crippen LogP contribution in [0.25, 0.3) is 0 Å². The molecule has 1 aromatic carbocycles. The maximum atomic E-state index is 13.2. The molecule has 11 nitrogen and oxygen atoms in total. The van der Waals surface area contributed by atoms with Crippen LogP contribution < -0.4 is 5.14 Å². The van der Waals surface area contributed by atoms with E-state index in [1.807, 2.05) is 0 Å². The summed E-state index contributed by atoms with van der Waals surface area (Å²) in [5.41, 5.74) is 1.63. The summed E-state index contributed by atoms with van der Waals surface area (Å²) in [7, 11) is -2.40. The molecule has 3 rings (SSSR count). The SMILES string of the molecule is CCOC(=O)C1=C(COCCN2CCN(S(N)(=O)=O)CC2)N=C(C)C(C(=O)OC)C1c1ccccc1Cl. The van der Waals surface area contributed by atoms with Crippen LogP contribution in [0.1, 0.15) is 25.3 Å². The molecule has 37 heavy (non-hydrogen) atoms. The smallest absolute Gasteiger partial charge is 0.336 e. The van der Waals surface area contributed by atoms with E-state index in [-0.39, 0.29) is 18.8 Å². The van der Waals surface area contributed by atoms with Gasteiger partial charge < -0.3 is 14.2 Å². The molecule has 0 aromatic heterocycles. The Balaban J connectivity index is 1.82. The minimum atomic E-state index is -3.69. The monoisotopic (exact) mass is 556 g/mol. The Morgan fingerprint density at radius 3 is 2.46 bits per heavy atom. The maximum absolute atomic E-state index is 13.2. The van der Waals surface area contributed by atoms with Crippen molar-refractivity contribution in [3.05, 3.63) is 46.1 Å². The highest BCUT2D eigenvalue weighted by atomic mass is 35.5. The van der Waals surface area contributed by atoms with E-state index in [0.717, 1.165) is 0 Å². The summed E-state index contributed by atoms with van der Waals surface area (Å²) in [4.78, 5) is 32.6. The molecule has 0 radical (unpaired) electrons. The third-order valence-electron chi connectivity index (χ3n) is 6.39. The van der Waals surface area contributed by atoms with Crippen LogP contribution >= 0.6 is 11.6 Å². The average Bonchev–Trinajstić information content (AvgIpc) is 2.86. The third kappa shape index (κ3) is 7.15. The number of aliphatic imine (C=N–C) groups is 1. The fraction of sp³-hybridized carbons (Fsp3) is 0.542. The van der Waals surface area contributed by atoms with Crippen LogP contribution in [0.5, 0.6) is 0 Å². The molecule has 0 saturated carbocycles. The van der Waals surface area contributed by atoms with Crippen molar-refractivity contribution in [3.8, 4) is 0 Å². The summed E-state index contributed by atoms with van der Waals surface area (Å²) >= 11 is 6.51. The van der Waals surface area contributed by atoms with Crippen molar-refractivity contribution in [1.29, 1.82) is 0 Å². The van der Waals surface area contributed by atoms with E-state index >= 15 is 0 Å². The third-order valence-corrected chi connectivity index (χ3v) is 7.82. The van der Waals surface area contributed by atoms with Crippen LogP contribution in [0.15, 0.2) is 40.5 Å². The van der Waals surface area contributed by atoms with Gasteiger partial charge in [-0.1, -0.05) is 29.8 Å². The summed E-state index contributed by atoms with van der Waals surface area (Å²) in [5, 5.41) is 5.59. The van der Waals surface area contributed by atoms with E-state index in [1.165, 1.54) is 11.4 Å². The van der Waals surface area contributed by atoms with Crippen LogP contribution in [-0.2, 0) is 34.0 Å². The van der Waals surface area contributed by atoms with E-state index in [9.17, 15) is 18.0 Å². The van der Waals surface area contributed by atoms with Crippen molar-refractivity contribution in [2.24, 2.45) is 16.0 Å². The van der Waals surface area contributed by atoms with Gasteiger partial charge in [0.2, 0.25) is 0 Å². The maximum Gasteiger partial charge on any atom is 0.336 e. The van der Waals surface area contributed by atoms with E-state index in [0.29, 0.717) is 61.3 Å². The van der Waals surface area contributed by atoms with Crippen LogP contribution in [0, 0.1) is 5.92 Å². The first kappa shape index (κ1) is 29.2. The van der Waals surface area contributed by atoms with E-state index in [1.54, 1.807) is 38.1 Å². The van der Waals surface area contributed by atoms with Gasteiger partial charge in [0.15, 0.2) is 0 Å². The molecule has 0 amide bonds. The molecule has 2 heterocycles. The first-order chi connectivity index (χ1) is 17.6. The molecule has 0 bridgehead atoms. The van der Waals surface area contributed by atoms with Crippen LogP contribution in [-0.4, -0.2) is 94.9 Å². The number of ether oxygens (including phenoxy) is 3. The largest absolute Gasteiger partial charge is 0.468 e. The summed E-state index contributed by atoms with van der Waals surface area (Å²) < 4.78 is 40.5. The fourth-order valence-electron chi connectivity index (χ4n) is 4.56. The van der Waals surface area contributed by atoms with Gasteiger partial charge in [-0.05, 0) is 25.5 Å². The number of benzene rings is 1. The predicted molar refractivity (Wildman–Crippen MR) is 138 cm³/mol. The highest BCUT2D eigenvalue weighted by Crippen LogP contribution is 2.42. The zero-order valence-corrected chi connectivity index (χ0v) is 22.8. The number of carbonyl (C=O) groups excluding carboxylic acids is 2. The van der Waals surface area contributed by atoms with Crippen LogP contribution in [0.4, 0.5) is 0 Å². The number of nitrogens with two attached hydrogens (primary N) is 1. The number of esters is 2. The lowest BCUT2D eigenvalue weighted by atomic mass is 9.75. The van der Waals surface area contributed by atoms with Crippen molar-refractivity contribution >= 4 is 39.5 Å². The molecule has 2 aliphatic heterocycles. The molecule has 0 spiro atoms. The molecule has 2 N–H and O–H groups in total. The van der Waals surface area contributed by atoms with Gasteiger partial charge in [-0.25, -0.2) is 9.93 Å². The van der Waals surface area contributed by atoms with Crippen molar-refractivity contribution in [2.75, 3.05) is 59.7 Å². The molecule has 2 atom stereocenters. The Morgan fingerprint density at radius 1 is 1.19 bits per heavy atom. The second-order valence-electron chi connectivity index (χ2n) is 8.67. The van der Waals surface area contributed by atoms with Gasteiger partial charge in [0, 0.05) is 49.4 Å². The minimum Gasteiger partial charge on any atom is -0.468 e. The predicted octanol–water partition coefficient (Wildman–Crippen LogP) is 1.34. The Labute approximate surface area is 222 Å². The van der Waals surface area contributed by atoms with Gasteiger partial charge in [0.05, 0.1) is 38.2 Å². The van der Waals surface area contributed by atoms with Crippen molar-refractivity contribution < 1.29 is 32.2 Å². The summed E-state index contributed by atoms with van der Waals surface area (Å²) in [5.74, 6) is -2.76. The zero-order valence-electron chi connectivity index (χ0n) is 21.2. The summed E-state index contributed by atoms with van der Waals surface area (Å²) in [6, 6.07) is 7.01. The molecule has 204 valence electrons. The molecular formula is C24H33ClN4O7S. The molecule has 2 unspecified atom stereocenters. The van der Waals surface area contributed by atoms with E-state index in [4.69, 9.17) is 31.0 Å². The highest BCUT2D eigenvalue weighted by molar-refractivity contribution is 7.86. The van der Waals surface area contributed by atoms with Crippen LogP contribution in [0.3, 0.4) is 0 Å². The Morgan fingerprint density at radius 2 is 1.86 bits per heavy atom. The number of methoxy groups -OCH3 is 1. The van der Waals surface area contributed by atoms with Gasteiger partial charge in [0.1, 0.15) is 5.92 Å². The Hall–Kier alpha value is -2.35. The van der Waals surface area contributed by atoms with Crippen molar-refractivity contribution in [2.45, 2.75) is 19.8 Å². The number of hydrogen-bond donors (Lipinski definition) is 1. The lowest BCUT2D eigenvalue weighted by Crippen LogP contribution is -2.51. The molecule has 1 saturated heterocycles. The fourth-order valence-corrected chi connectivity index (χ4v) is 5.49. The number of rotatable bonds is 10. The quantitative estimate of drug-likeness (QED) is 0.336. The first-order valence-corrected chi connectivity index (χ1v) is 13.8. The summed E-state index contributed by atoms with van der Waals surface area (Å²) in [6.07, 6.45) is 0. The molecular weight excluding hydrogens is 524 g/mol. The number of hydrogen-bond acceptors (Lipinski definition) is 9. The van der Waals surface area contributed by atoms with E-state index < -0.39 is 34.0 Å². The normalized spacial score (nSPS) is 21.5. The highest BCUT2D eigenvalue weighted by Gasteiger charge is 2.43. The van der Waals surface area contributed by atoms with E-state index in [2.05, 4.69) is 9.89 Å². The van der Waals surface area contributed by atoms with Crippen molar-refractivity contribution in [1.82, 2.24) is 9.21 Å². The topological polar surface area (TPSA) is 141 Å². The second kappa shape index (κ2) is 12.9. The number of nitrogens with zero attached hydrogens (tertiary/aromatic N) is 3. The molecule has 2 aliphatic rings. The average molecular weight is 557 g/mol. The molecule has 0 aliphatic carbocycles. The van der Waals surface area contributed by atoms with Gasteiger partial charge in [-0.2, -0.15) is 12.7 Å². The Bertz CT molecular complexity index is 1160. The molecule has 13 heteroatoms. The Kier molecular flexibility index (Phi) is 10.2. The first-order valence-electron chi connectivity index (χ1n) is 11.9. The summed E-state index contributed by atoms with van der Waals surface area (Å²) in [6.45, 7) is 6.13. The van der Waals surface area contributed by atoms with Gasteiger partial charge in [0.25, 0.3) is 10.2 Å². The zero-order chi connectivity index (χ0) is 27.2. The number of halogens is 1. The molecule has 1 fully saturated rings. The number of carbonyl (C=O) groups is 2. The number of piperazine rings is 1.